The molecule has 0 aliphatic rings. The average Bonchev–Trinajstić information content (AvgIpc) is 2.51. The maximum atomic E-state index is 2.43. The van der Waals surface area contributed by atoms with Gasteiger partial charge in [-0.25, -0.2) is 0 Å². The zero-order valence-corrected chi connectivity index (χ0v) is 17.4. The van der Waals surface area contributed by atoms with Crippen LogP contribution in [0.25, 0.3) is 0 Å². The third-order valence-electron chi connectivity index (χ3n) is 5.16. The summed E-state index contributed by atoms with van der Waals surface area (Å²) in [6.45, 7) is 9.45. The molecule has 0 N–H and O–H groups in total. The van der Waals surface area contributed by atoms with Gasteiger partial charge in [0.1, 0.15) is 0 Å². The summed E-state index contributed by atoms with van der Waals surface area (Å²) < 4.78 is 0. The maximum absolute atomic E-state index is 2.43. The summed E-state index contributed by atoms with van der Waals surface area (Å²) in [6, 6.07) is 0. The highest BCUT2D eigenvalue weighted by molar-refractivity contribution is 7.75. The van der Waals surface area contributed by atoms with Gasteiger partial charge in [0.2, 0.25) is 0 Å². The summed E-state index contributed by atoms with van der Waals surface area (Å²) in [6.07, 6.45) is 25.5. The summed E-state index contributed by atoms with van der Waals surface area (Å²) >= 11 is 0. The van der Waals surface area contributed by atoms with Crippen molar-refractivity contribution in [3.05, 3.63) is 0 Å². The molecule has 0 unspecified atom stereocenters. The van der Waals surface area contributed by atoms with E-state index >= 15 is 0 Å². The second kappa shape index (κ2) is 16.3. The van der Waals surface area contributed by atoms with E-state index in [1.54, 1.807) is 24.6 Å². The van der Waals surface area contributed by atoms with Crippen LogP contribution in [-0.4, -0.2) is 24.6 Å². The van der Waals surface area contributed by atoms with Crippen LogP contribution in [0.2, 0.25) is 0 Å². The molecule has 134 valence electrons. The van der Waals surface area contributed by atoms with Gasteiger partial charge in [-0.05, 0) is 32.1 Å². The van der Waals surface area contributed by atoms with Crippen LogP contribution >= 0.6 is 7.26 Å². The van der Waals surface area contributed by atoms with Crippen LogP contribution < -0.4 is 0 Å². The van der Waals surface area contributed by atoms with Crippen molar-refractivity contribution in [3.63, 3.8) is 0 Å². The Morgan fingerprint density at radius 1 is 0.364 bits per heavy atom. The second-order valence-electron chi connectivity index (χ2n) is 7.42. The highest BCUT2D eigenvalue weighted by atomic mass is 31.2. The summed E-state index contributed by atoms with van der Waals surface area (Å²) in [5.41, 5.74) is 0. The van der Waals surface area contributed by atoms with E-state index in [1.165, 1.54) is 83.5 Å². The molecule has 0 aromatic carbocycles. The smallest absolute Gasteiger partial charge is 0.0594 e. The predicted molar refractivity (Wildman–Crippen MR) is 109 cm³/mol. The summed E-state index contributed by atoms with van der Waals surface area (Å²) in [4.78, 5) is 0. The third kappa shape index (κ3) is 11.9. The topological polar surface area (TPSA) is 0 Å². The molecule has 0 aromatic rings. The first-order valence-electron chi connectivity index (χ1n) is 10.6. The number of hydrogen-bond acceptors (Lipinski definition) is 0. The molecule has 0 heterocycles. The summed E-state index contributed by atoms with van der Waals surface area (Å²) in [7, 11) is -0.611. The van der Waals surface area contributed by atoms with Crippen LogP contribution in [-0.2, 0) is 0 Å². The largest absolute Gasteiger partial charge is 0.0654 e. The van der Waals surface area contributed by atoms with Crippen LogP contribution in [0.15, 0.2) is 0 Å². The summed E-state index contributed by atoms with van der Waals surface area (Å²) in [5.74, 6) is 0. The molecule has 0 nitrogen and oxygen atoms in total. The molecular formula is C21H46P+. The van der Waals surface area contributed by atoms with E-state index in [9.17, 15) is 0 Å². The highest BCUT2D eigenvalue weighted by Crippen LogP contribution is 2.61. The van der Waals surface area contributed by atoms with Crippen molar-refractivity contribution in [2.45, 2.75) is 111 Å². The lowest BCUT2D eigenvalue weighted by molar-refractivity contribution is 0.624. The molecule has 0 saturated carbocycles. The molecular weight excluding hydrogens is 283 g/mol. The maximum Gasteiger partial charge on any atom is 0.0594 e. The number of hydrogen-bond donors (Lipinski definition) is 0. The van der Waals surface area contributed by atoms with Crippen LogP contribution in [0.3, 0.4) is 0 Å². The Balaban J connectivity index is 4.29. The van der Waals surface area contributed by atoms with Crippen LogP contribution in [0, 0.1) is 0 Å². The lowest BCUT2D eigenvalue weighted by Gasteiger charge is -2.28. The molecule has 0 amide bonds. The third-order valence-corrected chi connectivity index (χ3v) is 10.3. The van der Waals surface area contributed by atoms with Gasteiger partial charge >= 0.3 is 0 Å². The van der Waals surface area contributed by atoms with Gasteiger partial charge < -0.3 is 0 Å². The normalized spacial score (nSPS) is 12.0. The Morgan fingerprint density at radius 3 is 1.18 bits per heavy atom. The van der Waals surface area contributed by atoms with Crippen molar-refractivity contribution in [1.29, 1.82) is 0 Å². The molecule has 0 spiro atoms. The molecule has 0 saturated heterocycles. The fourth-order valence-electron chi connectivity index (χ4n) is 3.77. The van der Waals surface area contributed by atoms with Gasteiger partial charge in [0.15, 0.2) is 0 Å². The first kappa shape index (κ1) is 22.4. The Morgan fingerprint density at radius 2 is 0.727 bits per heavy atom. The van der Waals surface area contributed by atoms with Crippen molar-refractivity contribution >= 4 is 7.26 Å². The van der Waals surface area contributed by atoms with E-state index in [4.69, 9.17) is 0 Å². The van der Waals surface area contributed by atoms with E-state index in [0.717, 1.165) is 0 Å². The van der Waals surface area contributed by atoms with E-state index in [-0.39, 0.29) is 0 Å². The van der Waals surface area contributed by atoms with Crippen molar-refractivity contribution in [3.8, 4) is 0 Å². The van der Waals surface area contributed by atoms with Gasteiger partial charge in [-0.2, -0.15) is 0 Å². The first-order chi connectivity index (χ1) is 10.7. The summed E-state index contributed by atoms with van der Waals surface area (Å²) in [5, 5.41) is 0. The molecule has 0 bridgehead atoms. The van der Waals surface area contributed by atoms with Crippen molar-refractivity contribution in [1.82, 2.24) is 0 Å². The average molecular weight is 330 g/mol. The monoisotopic (exact) mass is 329 g/mol. The van der Waals surface area contributed by atoms with Gasteiger partial charge in [-0.3, -0.25) is 0 Å². The van der Waals surface area contributed by atoms with Crippen molar-refractivity contribution < 1.29 is 0 Å². The van der Waals surface area contributed by atoms with Gasteiger partial charge in [0.05, 0.1) is 24.6 Å². The highest BCUT2D eigenvalue weighted by Gasteiger charge is 2.34. The minimum atomic E-state index is -0.611. The van der Waals surface area contributed by atoms with Gasteiger partial charge in [-0.15, -0.1) is 0 Å². The Bertz CT molecular complexity index is 202. The van der Waals surface area contributed by atoms with E-state index in [0.29, 0.717) is 0 Å². The van der Waals surface area contributed by atoms with Gasteiger partial charge in [-0.1, -0.05) is 79.1 Å². The van der Waals surface area contributed by atoms with Crippen LogP contribution in [0.5, 0.6) is 0 Å². The Hall–Kier alpha value is 0.430. The molecule has 0 rings (SSSR count). The lowest BCUT2D eigenvalue weighted by atomic mass is 10.1. The molecule has 0 fully saturated rings. The molecule has 0 atom stereocenters. The number of unbranched alkanes of at least 4 members (excludes halogenated alkanes) is 9. The fourth-order valence-corrected chi connectivity index (χ4v) is 8.74. The Kier molecular flexibility index (Phi) is 16.6. The SMILES string of the molecule is CCCCCCCC[P+](CCC)(CCCCC)CCCCC. The zero-order chi connectivity index (χ0) is 16.5. The molecule has 0 aromatic heterocycles. The Labute approximate surface area is 143 Å². The molecule has 22 heavy (non-hydrogen) atoms. The standard InChI is InChI=1S/C21H46P/c1-5-9-12-13-14-17-21-22(18-8-4,19-15-10-6-2)20-16-11-7-3/h5-21H2,1-4H3/q+1. The van der Waals surface area contributed by atoms with E-state index < -0.39 is 7.26 Å². The predicted octanol–water partition coefficient (Wildman–Crippen LogP) is 8.15. The number of rotatable bonds is 17. The van der Waals surface area contributed by atoms with Crippen LogP contribution in [0.4, 0.5) is 0 Å². The molecule has 0 aliphatic heterocycles. The quantitative estimate of drug-likeness (QED) is 0.186. The zero-order valence-electron chi connectivity index (χ0n) is 16.5. The fraction of sp³-hybridized carbons (Fsp3) is 1.00. The van der Waals surface area contributed by atoms with E-state index in [1.807, 2.05) is 0 Å². The second-order valence-corrected chi connectivity index (χ2v) is 11.9. The van der Waals surface area contributed by atoms with Gasteiger partial charge in [0.25, 0.3) is 0 Å². The lowest BCUT2D eigenvalue weighted by Crippen LogP contribution is -2.12. The van der Waals surface area contributed by atoms with Crippen molar-refractivity contribution in [2.24, 2.45) is 0 Å². The molecule has 1 heteroatoms. The van der Waals surface area contributed by atoms with Crippen LogP contribution in [0.1, 0.15) is 111 Å². The van der Waals surface area contributed by atoms with Gasteiger partial charge in [0, 0.05) is 7.26 Å². The minimum absolute atomic E-state index is 0.611. The van der Waals surface area contributed by atoms with E-state index in [2.05, 4.69) is 27.7 Å². The first-order valence-corrected chi connectivity index (χ1v) is 13.1. The minimum Gasteiger partial charge on any atom is -0.0654 e. The molecule has 0 radical (unpaired) electrons. The molecule has 0 aliphatic carbocycles. The van der Waals surface area contributed by atoms with Crippen molar-refractivity contribution in [2.75, 3.05) is 24.6 Å².